The highest BCUT2D eigenvalue weighted by atomic mass is 14.4. The molecule has 0 nitrogen and oxygen atoms in total. The molecule has 35 heavy (non-hydrogen) atoms. The SMILES string of the molecule is CC1=Cc2ccccc2C1CC1C(C)=Cc2c(-c3cc(C(C)(C)C)cc(C(C)(C)C)c3)cccc21. The highest BCUT2D eigenvalue weighted by Gasteiger charge is 2.31. The van der Waals surface area contributed by atoms with E-state index in [2.05, 4.69) is 128 Å². The van der Waals surface area contributed by atoms with Crippen molar-refractivity contribution in [1.82, 2.24) is 0 Å². The lowest BCUT2D eigenvalue weighted by Crippen LogP contribution is -2.16. The number of fused-ring (bicyclic) bond motifs is 2. The van der Waals surface area contributed by atoms with Crippen molar-refractivity contribution >= 4 is 12.2 Å². The molecule has 0 amide bonds. The third-order valence-electron chi connectivity index (χ3n) is 8.19. The first-order valence-corrected chi connectivity index (χ1v) is 13.2. The van der Waals surface area contributed by atoms with Crippen LogP contribution < -0.4 is 0 Å². The molecule has 180 valence electrons. The molecule has 2 aliphatic carbocycles. The molecule has 3 aromatic rings. The molecule has 0 radical (unpaired) electrons. The number of hydrogen-bond acceptors (Lipinski definition) is 0. The fraction of sp³-hybridized carbons (Fsp3) is 0.371. The zero-order chi connectivity index (χ0) is 25.1. The van der Waals surface area contributed by atoms with Crippen molar-refractivity contribution in [3.63, 3.8) is 0 Å². The van der Waals surface area contributed by atoms with Crippen molar-refractivity contribution in [2.45, 2.75) is 84.5 Å². The fourth-order valence-electron chi connectivity index (χ4n) is 5.93. The zero-order valence-electron chi connectivity index (χ0n) is 22.8. The Morgan fingerprint density at radius 2 is 1.20 bits per heavy atom. The van der Waals surface area contributed by atoms with E-state index >= 15 is 0 Å². The monoisotopic (exact) mass is 460 g/mol. The van der Waals surface area contributed by atoms with E-state index in [1.54, 1.807) is 0 Å². The van der Waals surface area contributed by atoms with Gasteiger partial charge in [-0.05, 0) is 75.6 Å². The van der Waals surface area contributed by atoms with E-state index < -0.39 is 0 Å². The Balaban J connectivity index is 1.58. The summed E-state index contributed by atoms with van der Waals surface area (Å²) in [5.41, 5.74) is 14.6. The first-order chi connectivity index (χ1) is 16.4. The maximum atomic E-state index is 2.47. The van der Waals surface area contributed by atoms with Gasteiger partial charge in [0.2, 0.25) is 0 Å². The van der Waals surface area contributed by atoms with Crippen LogP contribution in [0.15, 0.2) is 71.8 Å². The third-order valence-corrected chi connectivity index (χ3v) is 8.19. The minimum Gasteiger partial charge on any atom is -0.0652 e. The van der Waals surface area contributed by atoms with Crippen LogP contribution in [0.5, 0.6) is 0 Å². The van der Waals surface area contributed by atoms with Crippen LogP contribution in [0.25, 0.3) is 23.3 Å². The van der Waals surface area contributed by atoms with Gasteiger partial charge in [0, 0.05) is 11.8 Å². The molecule has 3 aromatic carbocycles. The molecule has 2 atom stereocenters. The molecular weight excluding hydrogens is 420 g/mol. The summed E-state index contributed by atoms with van der Waals surface area (Å²) in [5, 5.41) is 0. The summed E-state index contributed by atoms with van der Waals surface area (Å²) in [6.07, 6.45) is 6.00. The fourth-order valence-corrected chi connectivity index (χ4v) is 5.93. The maximum absolute atomic E-state index is 2.47. The summed E-state index contributed by atoms with van der Waals surface area (Å²) in [7, 11) is 0. The molecular formula is C35H40. The van der Waals surface area contributed by atoms with Crippen molar-refractivity contribution in [3.05, 3.63) is 105 Å². The van der Waals surface area contributed by atoms with Crippen LogP contribution in [0.3, 0.4) is 0 Å². The third kappa shape index (κ3) is 4.33. The molecule has 2 unspecified atom stereocenters. The first-order valence-electron chi connectivity index (χ1n) is 13.2. The van der Waals surface area contributed by atoms with Crippen LogP contribution >= 0.6 is 0 Å². The molecule has 2 aliphatic rings. The second-order valence-electron chi connectivity index (χ2n) is 12.9. The average Bonchev–Trinajstić information content (AvgIpc) is 3.28. The Hall–Kier alpha value is -2.86. The van der Waals surface area contributed by atoms with Crippen molar-refractivity contribution in [1.29, 1.82) is 0 Å². The Morgan fingerprint density at radius 3 is 1.86 bits per heavy atom. The Morgan fingerprint density at radius 1 is 0.629 bits per heavy atom. The van der Waals surface area contributed by atoms with Gasteiger partial charge in [0.05, 0.1) is 0 Å². The van der Waals surface area contributed by atoms with Gasteiger partial charge in [0.1, 0.15) is 0 Å². The standard InChI is InChI=1S/C35H40/c1-22-16-24-12-9-10-13-28(24)31(22)21-32-23(2)17-33-29(14-11-15-30(32)33)25-18-26(34(3,4)5)20-27(19-25)35(6,7)8/h9-20,31-32H,21H2,1-8H3. The first kappa shape index (κ1) is 23.9. The van der Waals surface area contributed by atoms with E-state index in [4.69, 9.17) is 0 Å². The molecule has 0 N–H and O–H groups in total. The molecule has 0 spiro atoms. The molecule has 0 saturated heterocycles. The Labute approximate surface area is 212 Å². The highest BCUT2D eigenvalue weighted by molar-refractivity contribution is 5.82. The zero-order valence-corrected chi connectivity index (χ0v) is 22.8. The summed E-state index contributed by atoms with van der Waals surface area (Å²) >= 11 is 0. The number of hydrogen-bond donors (Lipinski definition) is 0. The predicted molar refractivity (Wildman–Crippen MR) is 153 cm³/mol. The van der Waals surface area contributed by atoms with Crippen LogP contribution in [-0.2, 0) is 10.8 Å². The largest absolute Gasteiger partial charge is 0.0652 e. The number of allylic oxidation sites excluding steroid dienone is 2. The van der Waals surface area contributed by atoms with Gasteiger partial charge in [-0.1, -0.05) is 126 Å². The molecule has 0 heterocycles. The summed E-state index contributed by atoms with van der Waals surface area (Å²) < 4.78 is 0. The van der Waals surface area contributed by atoms with E-state index in [1.165, 1.54) is 55.7 Å². The van der Waals surface area contributed by atoms with Crippen LogP contribution in [0, 0.1) is 0 Å². The minimum atomic E-state index is 0.113. The van der Waals surface area contributed by atoms with Gasteiger partial charge in [0.15, 0.2) is 0 Å². The lowest BCUT2D eigenvalue weighted by atomic mass is 9.78. The summed E-state index contributed by atoms with van der Waals surface area (Å²) in [6.45, 7) is 18.6. The molecule has 0 heteroatoms. The van der Waals surface area contributed by atoms with E-state index in [-0.39, 0.29) is 10.8 Å². The van der Waals surface area contributed by atoms with Gasteiger partial charge < -0.3 is 0 Å². The van der Waals surface area contributed by atoms with Gasteiger partial charge in [-0.2, -0.15) is 0 Å². The van der Waals surface area contributed by atoms with E-state index in [9.17, 15) is 0 Å². The molecule has 5 rings (SSSR count). The molecule has 0 fully saturated rings. The maximum Gasteiger partial charge on any atom is 0.00637 e. The quantitative estimate of drug-likeness (QED) is 0.365. The molecule has 0 aromatic heterocycles. The van der Waals surface area contributed by atoms with Crippen LogP contribution in [0.1, 0.15) is 107 Å². The highest BCUT2D eigenvalue weighted by Crippen LogP contribution is 2.49. The van der Waals surface area contributed by atoms with Crippen molar-refractivity contribution in [2.75, 3.05) is 0 Å². The van der Waals surface area contributed by atoms with Crippen LogP contribution in [0.4, 0.5) is 0 Å². The van der Waals surface area contributed by atoms with Gasteiger partial charge in [0.25, 0.3) is 0 Å². The minimum absolute atomic E-state index is 0.113. The molecule has 0 saturated carbocycles. The van der Waals surface area contributed by atoms with E-state index in [1.807, 2.05) is 0 Å². The van der Waals surface area contributed by atoms with Gasteiger partial charge in [-0.3, -0.25) is 0 Å². The Kier molecular flexibility index (Phi) is 5.71. The second kappa shape index (κ2) is 8.37. The average molecular weight is 461 g/mol. The van der Waals surface area contributed by atoms with Crippen molar-refractivity contribution in [2.24, 2.45) is 0 Å². The number of benzene rings is 3. The summed E-state index contributed by atoms with van der Waals surface area (Å²) in [4.78, 5) is 0. The molecule has 0 aliphatic heterocycles. The van der Waals surface area contributed by atoms with Crippen LogP contribution in [-0.4, -0.2) is 0 Å². The number of rotatable bonds is 3. The van der Waals surface area contributed by atoms with Gasteiger partial charge in [-0.15, -0.1) is 0 Å². The normalized spacial score (nSPS) is 19.3. The van der Waals surface area contributed by atoms with Crippen molar-refractivity contribution < 1.29 is 0 Å². The lowest BCUT2D eigenvalue weighted by Gasteiger charge is -2.27. The van der Waals surface area contributed by atoms with Crippen LogP contribution in [0.2, 0.25) is 0 Å². The Bertz CT molecular complexity index is 1320. The summed E-state index contributed by atoms with van der Waals surface area (Å²) in [6, 6.07) is 23.2. The smallest absolute Gasteiger partial charge is 0.00637 e. The van der Waals surface area contributed by atoms with Crippen molar-refractivity contribution in [3.8, 4) is 11.1 Å². The topological polar surface area (TPSA) is 0 Å². The van der Waals surface area contributed by atoms with E-state index in [0.29, 0.717) is 11.8 Å². The predicted octanol–water partition coefficient (Wildman–Crippen LogP) is 10.0. The van der Waals surface area contributed by atoms with E-state index in [0.717, 1.165) is 6.42 Å². The van der Waals surface area contributed by atoms with Gasteiger partial charge >= 0.3 is 0 Å². The second-order valence-corrected chi connectivity index (χ2v) is 12.9. The summed E-state index contributed by atoms with van der Waals surface area (Å²) in [5.74, 6) is 0.975. The van der Waals surface area contributed by atoms with Gasteiger partial charge in [-0.25, -0.2) is 0 Å². The lowest BCUT2D eigenvalue weighted by molar-refractivity contribution is 0.569. The molecule has 0 bridgehead atoms.